The molecule has 21 heavy (non-hydrogen) atoms. The van der Waals surface area contributed by atoms with Crippen LogP contribution in [0.2, 0.25) is 10.0 Å². The van der Waals surface area contributed by atoms with E-state index in [2.05, 4.69) is 27.4 Å². The molecule has 118 valence electrons. The number of likely N-dealkylation sites (tertiary alicyclic amines) is 1. The summed E-state index contributed by atoms with van der Waals surface area (Å²) in [6, 6.07) is 1.74. The van der Waals surface area contributed by atoms with Gasteiger partial charge in [0.2, 0.25) is 0 Å². The molecule has 0 radical (unpaired) electrons. The molecule has 1 aromatic heterocycles. The summed E-state index contributed by atoms with van der Waals surface area (Å²) in [6.07, 6.45) is 2.66. The van der Waals surface area contributed by atoms with Crippen molar-refractivity contribution in [2.75, 3.05) is 43.4 Å². The van der Waals surface area contributed by atoms with Gasteiger partial charge in [0.15, 0.2) is 0 Å². The van der Waals surface area contributed by atoms with Crippen LogP contribution in [0, 0.1) is 5.92 Å². The number of nitrogens with zero attached hydrogens (tertiary/aromatic N) is 2. The minimum atomic E-state index is 0.553. The Morgan fingerprint density at radius 2 is 1.81 bits per heavy atom. The van der Waals surface area contributed by atoms with Gasteiger partial charge >= 0.3 is 0 Å². The van der Waals surface area contributed by atoms with Crippen molar-refractivity contribution in [2.45, 2.75) is 26.7 Å². The minimum absolute atomic E-state index is 0.553. The van der Waals surface area contributed by atoms with Gasteiger partial charge in [-0.1, -0.05) is 30.1 Å². The van der Waals surface area contributed by atoms with Crippen LogP contribution >= 0.6 is 23.2 Å². The zero-order valence-corrected chi connectivity index (χ0v) is 14.3. The van der Waals surface area contributed by atoms with E-state index in [4.69, 9.17) is 23.2 Å². The molecular formula is C15H24Cl2N4. The Kier molecular flexibility index (Phi) is 6.40. The van der Waals surface area contributed by atoms with Gasteiger partial charge in [-0.05, 0) is 44.8 Å². The van der Waals surface area contributed by atoms with Gasteiger partial charge in [-0.3, -0.25) is 0 Å². The summed E-state index contributed by atoms with van der Waals surface area (Å²) in [5.74, 6) is 1.93. The summed E-state index contributed by atoms with van der Waals surface area (Å²) in [5, 5.41) is 7.60. The van der Waals surface area contributed by atoms with Gasteiger partial charge in [0, 0.05) is 19.6 Å². The van der Waals surface area contributed by atoms with Crippen molar-refractivity contribution < 1.29 is 0 Å². The third-order valence-corrected chi connectivity index (χ3v) is 4.24. The molecule has 0 aliphatic carbocycles. The third kappa shape index (κ3) is 4.90. The molecule has 1 atom stereocenters. The van der Waals surface area contributed by atoms with Gasteiger partial charge in [-0.25, -0.2) is 4.98 Å². The zero-order valence-electron chi connectivity index (χ0n) is 12.8. The van der Waals surface area contributed by atoms with E-state index >= 15 is 0 Å². The number of hydrogen-bond acceptors (Lipinski definition) is 4. The minimum Gasteiger partial charge on any atom is -0.369 e. The smallest absolute Gasteiger partial charge is 0.147 e. The Morgan fingerprint density at radius 1 is 1.19 bits per heavy atom. The van der Waals surface area contributed by atoms with Crippen LogP contribution in [0.3, 0.4) is 0 Å². The van der Waals surface area contributed by atoms with E-state index in [1.807, 2.05) is 6.92 Å². The number of nitrogens with one attached hydrogen (secondary N) is 2. The Bertz CT molecular complexity index is 461. The molecule has 0 saturated carbocycles. The topological polar surface area (TPSA) is 40.2 Å². The molecule has 0 aromatic carbocycles. The second kappa shape index (κ2) is 8.06. The van der Waals surface area contributed by atoms with Crippen molar-refractivity contribution in [3.63, 3.8) is 0 Å². The zero-order chi connectivity index (χ0) is 15.2. The van der Waals surface area contributed by atoms with E-state index in [9.17, 15) is 0 Å². The first-order chi connectivity index (χ1) is 10.1. The van der Waals surface area contributed by atoms with Crippen molar-refractivity contribution in [3.05, 3.63) is 16.1 Å². The molecule has 0 amide bonds. The average molecular weight is 331 g/mol. The molecule has 0 bridgehead atoms. The van der Waals surface area contributed by atoms with Crippen LogP contribution in [0.25, 0.3) is 0 Å². The predicted octanol–water partition coefficient (Wildman–Crippen LogP) is 3.96. The van der Waals surface area contributed by atoms with Crippen molar-refractivity contribution in [2.24, 2.45) is 5.92 Å². The molecule has 1 aliphatic heterocycles. The molecule has 0 spiro atoms. The fraction of sp³-hybridized carbons (Fsp3) is 0.667. The van der Waals surface area contributed by atoms with Crippen LogP contribution < -0.4 is 10.6 Å². The average Bonchev–Trinajstić information content (AvgIpc) is 2.93. The van der Waals surface area contributed by atoms with Crippen LogP contribution in [0.4, 0.5) is 11.6 Å². The summed E-state index contributed by atoms with van der Waals surface area (Å²) in [7, 11) is 0. The van der Waals surface area contributed by atoms with E-state index < -0.39 is 0 Å². The highest BCUT2D eigenvalue weighted by molar-refractivity contribution is 6.37. The van der Waals surface area contributed by atoms with Gasteiger partial charge in [-0.2, -0.15) is 0 Å². The van der Waals surface area contributed by atoms with Gasteiger partial charge < -0.3 is 15.5 Å². The Morgan fingerprint density at radius 3 is 2.43 bits per heavy atom. The maximum atomic E-state index is 6.21. The lowest BCUT2D eigenvalue weighted by molar-refractivity contribution is 0.294. The highest BCUT2D eigenvalue weighted by Gasteiger charge is 2.15. The van der Waals surface area contributed by atoms with Gasteiger partial charge in [0.1, 0.15) is 11.6 Å². The summed E-state index contributed by atoms with van der Waals surface area (Å²) in [5.41, 5.74) is 0. The number of aromatic nitrogens is 1. The van der Waals surface area contributed by atoms with Crippen molar-refractivity contribution in [1.29, 1.82) is 0 Å². The third-order valence-electron chi connectivity index (χ3n) is 3.66. The number of pyridine rings is 1. The summed E-state index contributed by atoms with van der Waals surface area (Å²) < 4.78 is 0. The van der Waals surface area contributed by atoms with E-state index in [0.29, 0.717) is 27.6 Å². The lowest BCUT2D eigenvalue weighted by Crippen LogP contribution is -2.29. The van der Waals surface area contributed by atoms with E-state index in [0.717, 1.165) is 19.6 Å². The Balaban J connectivity index is 1.90. The highest BCUT2D eigenvalue weighted by atomic mass is 35.5. The molecule has 1 unspecified atom stereocenters. The SMILES string of the molecule is CCNc1nc(NCC(C)CN2CCCC2)c(Cl)cc1Cl. The molecule has 1 aliphatic rings. The van der Waals surface area contributed by atoms with Crippen LogP contribution in [-0.4, -0.2) is 42.6 Å². The van der Waals surface area contributed by atoms with Crippen LogP contribution in [-0.2, 0) is 0 Å². The van der Waals surface area contributed by atoms with Gasteiger partial charge in [0.05, 0.1) is 10.0 Å². The summed E-state index contributed by atoms with van der Waals surface area (Å²) in [4.78, 5) is 6.99. The van der Waals surface area contributed by atoms with Crippen molar-refractivity contribution in [1.82, 2.24) is 9.88 Å². The van der Waals surface area contributed by atoms with Crippen LogP contribution in [0.5, 0.6) is 0 Å². The number of anilines is 2. The lowest BCUT2D eigenvalue weighted by Gasteiger charge is -2.21. The molecule has 6 heteroatoms. The van der Waals surface area contributed by atoms with Crippen molar-refractivity contribution in [3.8, 4) is 0 Å². The van der Waals surface area contributed by atoms with Crippen LogP contribution in [0.1, 0.15) is 26.7 Å². The number of hydrogen-bond donors (Lipinski definition) is 2. The van der Waals surface area contributed by atoms with E-state index in [1.165, 1.54) is 25.9 Å². The fourth-order valence-electron chi connectivity index (χ4n) is 2.62. The molecule has 1 saturated heterocycles. The highest BCUT2D eigenvalue weighted by Crippen LogP contribution is 2.29. The second-order valence-electron chi connectivity index (χ2n) is 5.67. The number of rotatable bonds is 7. The van der Waals surface area contributed by atoms with Gasteiger partial charge in [-0.15, -0.1) is 0 Å². The molecule has 2 N–H and O–H groups in total. The quantitative estimate of drug-likeness (QED) is 0.793. The first-order valence-corrected chi connectivity index (χ1v) is 8.42. The molecular weight excluding hydrogens is 307 g/mol. The maximum absolute atomic E-state index is 6.21. The van der Waals surface area contributed by atoms with E-state index in [1.54, 1.807) is 6.07 Å². The van der Waals surface area contributed by atoms with E-state index in [-0.39, 0.29) is 0 Å². The first-order valence-electron chi connectivity index (χ1n) is 7.66. The van der Waals surface area contributed by atoms with Gasteiger partial charge in [0.25, 0.3) is 0 Å². The standard InChI is InChI=1S/C15H24Cl2N4/c1-3-18-14-12(16)8-13(17)15(20-14)19-9-11(2)10-21-6-4-5-7-21/h8,11H,3-7,9-10H2,1-2H3,(H2,18,19,20). The monoisotopic (exact) mass is 330 g/mol. The predicted molar refractivity (Wildman–Crippen MR) is 91.7 cm³/mol. The molecule has 2 rings (SSSR count). The molecule has 1 fully saturated rings. The Labute approximate surface area is 137 Å². The second-order valence-corrected chi connectivity index (χ2v) is 6.49. The number of halogens is 2. The lowest BCUT2D eigenvalue weighted by atomic mass is 10.1. The normalized spacial score (nSPS) is 17.0. The van der Waals surface area contributed by atoms with Crippen molar-refractivity contribution >= 4 is 34.8 Å². The molecule has 4 nitrogen and oxygen atoms in total. The largest absolute Gasteiger partial charge is 0.369 e. The summed E-state index contributed by atoms with van der Waals surface area (Å²) in [6.45, 7) is 9.48. The maximum Gasteiger partial charge on any atom is 0.147 e. The fourth-order valence-corrected chi connectivity index (χ4v) is 3.12. The molecule has 1 aromatic rings. The Hall–Kier alpha value is -0.710. The molecule has 2 heterocycles. The first kappa shape index (κ1) is 16.7. The summed E-state index contributed by atoms with van der Waals surface area (Å²) >= 11 is 12.3. The van der Waals surface area contributed by atoms with Crippen LogP contribution in [0.15, 0.2) is 6.07 Å².